The molecule has 76 valence electrons. The van der Waals surface area contributed by atoms with Gasteiger partial charge in [0.05, 0.1) is 5.92 Å². The summed E-state index contributed by atoms with van der Waals surface area (Å²) in [6.45, 7) is 6.31. The molecule has 0 aromatic heterocycles. The summed E-state index contributed by atoms with van der Waals surface area (Å²) in [4.78, 5) is 10.8. The van der Waals surface area contributed by atoms with Crippen molar-refractivity contribution in [2.45, 2.75) is 40.0 Å². The number of aliphatic carboxylic acids is 1. The zero-order valence-electron chi connectivity index (χ0n) is 8.79. The summed E-state index contributed by atoms with van der Waals surface area (Å²) in [5.41, 5.74) is 0. The van der Waals surface area contributed by atoms with Gasteiger partial charge in [-0.15, -0.1) is 0 Å². The van der Waals surface area contributed by atoms with Gasteiger partial charge >= 0.3 is 5.97 Å². The van der Waals surface area contributed by atoms with Gasteiger partial charge in [-0.25, -0.2) is 0 Å². The molecule has 0 heterocycles. The number of rotatable bonds is 2. The van der Waals surface area contributed by atoms with E-state index in [9.17, 15) is 4.79 Å². The lowest BCUT2D eigenvalue weighted by Crippen LogP contribution is -2.28. The molecule has 0 aromatic carbocycles. The van der Waals surface area contributed by atoms with Gasteiger partial charge in [0, 0.05) is 0 Å². The molecule has 1 aliphatic carbocycles. The Balaban J connectivity index is 2.54. The lowest BCUT2D eigenvalue weighted by molar-refractivity contribution is -0.143. The Hall–Kier alpha value is -0.530. The van der Waals surface area contributed by atoms with E-state index in [1.54, 1.807) is 0 Å². The quantitative estimate of drug-likeness (QED) is 0.716. The minimum Gasteiger partial charge on any atom is -0.481 e. The molecule has 1 saturated carbocycles. The van der Waals surface area contributed by atoms with Gasteiger partial charge in [-0.1, -0.05) is 20.8 Å². The first-order chi connectivity index (χ1) is 6.00. The SMILES string of the molecule is CC1CC(C)CC(C(C)C(=O)O)C1. The van der Waals surface area contributed by atoms with E-state index >= 15 is 0 Å². The van der Waals surface area contributed by atoms with Crippen molar-refractivity contribution in [3.63, 3.8) is 0 Å². The van der Waals surface area contributed by atoms with E-state index in [0.29, 0.717) is 17.8 Å². The van der Waals surface area contributed by atoms with Crippen LogP contribution in [-0.2, 0) is 4.79 Å². The summed E-state index contributed by atoms with van der Waals surface area (Å²) < 4.78 is 0. The van der Waals surface area contributed by atoms with Gasteiger partial charge in [-0.2, -0.15) is 0 Å². The fourth-order valence-corrected chi connectivity index (χ4v) is 2.62. The van der Waals surface area contributed by atoms with Crippen molar-refractivity contribution >= 4 is 5.97 Å². The summed E-state index contributed by atoms with van der Waals surface area (Å²) in [5, 5.41) is 8.91. The Morgan fingerprint density at radius 3 is 2.08 bits per heavy atom. The molecule has 0 amide bonds. The zero-order chi connectivity index (χ0) is 10.0. The molecule has 0 bridgehead atoms. The van der Waals surface area contributed by atoms with Crippen molar-refractivity contribution in [3.8, 4) is 0 Å². The average Bonchev–Trinajstić information content (AvgIpc) is 2.01. The lowest BCUT2D eigenvalue weighted by Gasteiger charge is -2.33. The first-order valence-corrected chi connectivity index (χ1v) is 5.23. The highest BCUT2D eigenvalue weighted by Crippen LogP contribution is 2.36. The third-order valence-corrected chi connectivity index (χ3v) is 3.31. The van der Waals surface area contributed by atoms with Crippen molar-refractivity contribution in [3.05, 3.63) is 0 Å². The largest absolute Gasteiger partial charge is 0.481 e. The highest BCUT2D eigenvalue weighted by molar-refractivity contribution is 5.69. The van der Waals surface area contributed by atoms with E-state index in [2.05, 4.69) is 13.8 Å². The van der Waals surface area contributed by atoms with Gasteiger partial charge in [-0.05, 0) is 37.0 Å². The van der Waals surface area contributed by atoms with Gasteiger partial charge in [0.2, 0.25) is 0 Å². The zero-order valence-corrected chi connectivity index (χ0v) is 8.79. The number of carbonyl (C=O) groups is 1. The van der Waals surface area contributed by atoms with E-state index in [0.717, 1.165) is 12.8 Å². The smallest absolute Gasteiger partial charge is 0.306 e. The highest BCUT2D eigenvalue weighted by atomic mass is 16.4. The van der Waals surface area contributed by atoms with Gasteiger partial charge in [0.15, 0.2) is 0 Å². The number of carboxylic acid groups (broad SMARTS) is 1. The van der Waals surface area contributed by atoms with Gasteiger partial charge < -0.3 is 5.11 Å². The predicted molar refractivity (Wildman–Crippen MR) is 52.5 cm³/mol. The Morgan fingerprint density at radius 2 is 1.69 bits per heavy atom. The number of hydrogen-bond acceptors (Lipinski definition) is 1. The summed E-state index contributed by atoms with van der Waals surface area (Å²) in [7, 11) is 0. The van der Waals surface area contributed by atoms with E-state index < -0.39 is 5.97 Å². The normalized spacial score (nSPS) is 37.0. The van der Waals surface area contributed by atoms with Crippen molar-refractivity contribution < 1.29 is 9.90 Å². The Kier molecular flexibility index (Phi) is 3.34. The minimum atomic E-state index is -0.633. The molecule has 0 saturated heterocycles. The van der Waals surface area contributed by atoms with Gasteiger partial charge in [0.25, 0.3) is 0 Å². The Labute approximate surface area is 80.3 Å². The van der Waals surface area contributed by atoms with E-state index in [-0.39, 0.29) is 5.92 Å². The van der Waals surface area contributed by atoms with Crippen LogP contribution < -0.4 is 0 Å². The second-order valence-electron chi connectivity index (χ2n) is 4.80. The monoisotopic (exact) mass is 184 g/mol. The summed E-state index contributed by atoms with van der Waals surface area (Å²) >= 11 is 0. The molecule has 0 aliphatic heterocycles. The molecule has 3 unspecified atom stereocenters. The highest BCUT2D eigenvalue weighted by Gasteiger charge is 2.30. The molecule has 0 radical (unpaired) electrons. The molecule has 0 aromatic rings. The summed E-state index contributed by atoms with van der Waals surface area (Å²) in [6.07, 6.45) is 3.46. The number of carboxylic acids is 1. The second-order valence-corrected chi connectivity index (χ2v) is 4.80. The number of hydrogen-bond donors (Lipinski definition) is 1. The van der Waals surface area contributed by atoms with Crippen LogP contribution in [0.25, 0.3) is 0 Å². The van der Waals surface area contributed by atoms with Crippen LogP contribution in [0, 0.1) is 23.7 Å². The first-order valence-electron chi connectivity index (χ1n) is 5.23. The molecule has 1 rings (SSSR count). The predicted octanol–water partition coefficient (Wildman–Crippen LogP) is 2.78. The molecule has 2 heteroatoms. The minimum absolute atomic E-state index is 0.162. The maximum atomic E-state index is 10.8. The van der Waals surface area contributed by atoms with E-state index in [1.165, 1.54) is 6.42 Å². The molecule has 1 N–H and O–H groups in total. The van der Waals surface area contributed by atoms with Crippen LogP contribution in [0.15, 0.2) is 0 Å². The van der Waals surface area contributed by atoms with Crippen LogP contribution in [0.1, 0.15) is 40.0 Å². The summed E-state index contributed by atoms with van der Waals surface area (Å²) in [5.74, 6) is 1.01. The van der Waals surface area contributed by atoms with Crippen LogP contribution in [-0.4, -0.2) is 11.1 Å². The molecule has 3 atom stereocenters. The van der Waals surface area contributed by atoms with Crippen LogP contribution >= 0.6 is 0 Å². The fraction of sp³-hybridized carbons (Fsp3) is 0.909. The third kappa shape index (κ3) is 2.71. The third-order valence-electron chi connectivity index (χ3n) is 3.31. The molecule has 2 nitrogen and oxygen atoms in total. The Morgan fingerprint density at radius 1 is 1.23 bits per heavy atom. The first kappa shape index (κ1) is 10.6. The fourth-order valence-electron chi connectivity index (χ4n) is 2.62. The van der Waals surface area contributed by atoms with Crippen molar-refractivity contribution in [2.24, 2.45) is 23.7 Å². The van der Waals surface area contributed by atoms with Crippen LogP contribution in [0.2, 0.25) is 0 Å². The lowest BCUT2D eigenvalue weighted by atomic mass is 9.72. The Bertz CT molecular complexity index is 179. The van der Waals surface area contributed by atoms with Crippen molar-refractivity contribution in [2.75, 3.05) is 0 Å². The van der Waals surface area contributed by atoms with Gasteiger partial charge in [-0.3, -0.25) is 4.79 Å². The standard InChI is InChI=1S/C11H20O2/c1-7-4-8(2)6-10(5-7)9(3)11(12)13/h7-10H,4-6H2,1-3H3,(H,12,13). The van der Waals surface area contributed by atoms with Crippen molar-refractivity contribution in [1.29, 1.82) is 0 Å². The molecule has 13 heavy (non-hydrogen) atoms. The van der Waals surface area contributed by atoms with E-state index in [4.69, 9.17) is 5.11 Å². The maximum Gasteiger partial charge on any atom is 0.306 e. The van der Waals surface area contributed by atoms with Crippen LogP contribution in [0.4, 0.5) is 0 Å². The summed E-state index contributed by atoms with van der Waals surface area (Å²) in [6, 6.07) is 0. The maximum absolute atomic E-state index is 10.8. The molecular formula is C11H20O2. The average molecular weight is 184 g/mol. The van der Waals surface area contributed by atoms with Gasteiger partial charge in [0.1, 0.15) is 0 Å². The molecule has 1 aliphatic rings. The second kappa shape index (κ2) is 4.12. The van der Waals surface area contributed by atoms with Crippen LogP contribution in [0.3, 0.4) is 0 Å². The molecule has 1 fully saturated rings. The van der Waals surface area contributed by atoms with Crippen molar-refractivity contribution in [1.82, 2.24) is 0 Å². The molecule has 0 spiro atoms. The van der Waals surface area contributed by atoms with E-state index in [1.807, 2.05) is 6.92 Å². The topological polar surface area (TPSA) is 37.3 Å². The van der Waals surface area contributed by atoms with Crippen LogP contribution in [0.5, 0.6) is 0 Å². The molecular weight excluding hydrogens is 164 g/mol.